The fourth-order valence-electron chi connectivity index (χ4n) is 3.53. The molecular weight excluding hydrogens is 242 g/mol. The summed E-state index contributed by atoms with van der Waals surface area (Å²) in [7, 11) is 0. The predicted molar refractivity (Wildman–Crippen MR) is 89.6 cm³/mol. The van der Waals surface area contributed by atoms with Crippen LogP contribution in [0.25, 0.3) is 0 Å². The van der Waals surface area contributed by atoms with Gasteiger partial charge in [-0.25, -0.2) is 0 Å². The highest BCUT2D eigenvalue weighted by molar-refractivity contribution is 5.57. The molecule has 0 fully saturated rings. The minimum Gasteiger partial charge on any atom is -0.366 e. The van der Waals surface area contributed by atoms with Crippen molar-refractivity contribution in [2.45, 2.75) is 77.7 Å². The fourth-order valence-corrected chi connectivity index (χ4v) is 3.53. The molecule has 1 aliphatic heterocycles. The number of rotatable bonds is 7. The number of hydrogen-bond donors (Lipinski definition) is 0. The summed E-state index contributed by atoms with van der Waals surface area (Å²) in [6.45, 7) is 8.35. The van der Waals surface area contributed by atoms with Gasteiger partial charge in [-0.1, -0.05) is 57.7 Å². The number of benzene rings is 1. The molecular formula is C19H31N. The number of nitrogens with zero attached hydrogens (tertiary/aromatic N) is 1. The SMILES string of the molecule is CCCCCCC(C)(CC)N1CCCc2ccccc21. The van der Waals surface area contributed by atoms with E-state index in [0.717, 1.165) is 0 Å². The van der Waals surface area contributed by atoms with Crippen LogP contribution < -0.4 is 4.90 Å². The lowest BCUT2D eigenvalue weighted by atomic mass is 9.86. The molecule has 1 aliphatic rings. The molecule has 1 aromatic carbocycles. The Morgan fingerprint density at radius 1 is 1.10 bits per heavy atom. The van der Waals surface area contributed by atoms with E-state index in [1.165, 1.54) is 63.6 Å². The van der Waals surface area contributed by atoms with Crippen molar-refractivity contribution >= 4 is 5.69 Å². The molecule has 0 spiro atoms. The molecule has 1 aromatic rings. The van der Waals surface area contributed by atoms with Crippen LogP contribution in [0.15, 0.2) is 24.3 Å². The van der Waals surface area contributed by atoms with Gasteiger partial charge in [-0.3, -0.25) is 0 Å². The van der Waals surface area contributed by atoms with E-state index < -0.39 is 0 Å². The number of unbranched alkanes of at least 4 members (excludes halogenated alkanes) is 3. The molecule has 1 unspecified atom stereocenters. The maximum atomic E-state index is 2.71. The first-order valence-electron chi connectivity index (χ1n) is 8.57. The van der Waals surface area contributed by atoms with Crippen molar-refractivity contribution in [3.8, 4) is 0 Å². The van der Waals surface area contributed by atoms with Gasteiger partial charge in [0.25, 0.3) is 0 Å². The Balaban J connectivity index is 2.11. The molecule has 0 bridgehead atoms. The number of fused-ring (bicyclic) bond motifs is 1. The van der Waals surface area contributed by atoms with Crippen molar-refractivity contribution in [3.63, 3.8) is 0 Å². The van der Waals surface area contributed by atoms with Gasteiger partial charge in [0.2, 0.25) is 0 Å². The van der Waals surface area contributed by atoms with Crippen molar-refractivity contribution in [2.24, 2.45) is 0 Å². The normalized spacial score (nSPS) is 17.6. The second-order valence-electron chi connectivity index (χ2n) is 6.55. The Kier molecular flexibility index (Phi) is 5.51. The Morgan fingerprint density at radius 2 is 1.90 bits per heavy atom. The summed E-state index contributed by atoms with van der Waals surface area (Å²) in [5.41, 5.74) is 3.38. The lowest BCUT2D eigenvalue weighted by Gasteiger charge is -2.46. The van der Waals surface area contributed by atoms with Crippen LogP contribution in [0.2, 0.25) is 0 Å². The van der Waals surface area contributed by atoms with Crippen molar-refractivity contribution in [1.82, 2.24) is 0 Å². The minimum absolute atomic E-state index is 0.338. The number of aryl methyl sites for hydroxylation is 1. The van der Waals surface area contributed by atoms with Crippen LogP contribution in [-0.2, 0) is 6.42 Å². The summed E-state index contributed by atoms with van der Waals surface area (Å²) < 4.78 is 0. The highest BCUT2D eigenvalue weighted by Crippen LogP contribution is 2.36. The third kappa shape index (κ3) is 3.37. The quantitative estimate of drug-likeness (QED) is 0.586. The van der Waals surface area contributed by atoms with Gasteiger partial charge in [0.15, 0.2) is 0 Å². The Bertz CT molecular complexity index is 412. The topological polar surface area (TPSA) is 3.24 Å². The zero-order valence-corrected chi connectivity index (χ0v) is 13.6. The van der Waals surface area contributed by atoms with Crippen LogP contribution in [0.1, 0.15) is 71.3 Å². The summed E-state index contributed by atoms with van der Waals surface area (Å²) in [6.07, 6.45) is 10.6. The van der Waals surface area contributed by atoms with Crippen molar-refractivity contribution in [1.29, 1.82) is 0 Å². The van der Waals surface area contributed by atoms with Gasteiger partial charge < -0.3 is 4.90 Å². The van der Waals surface area contributed by atoms with E-state index in [0.29, 0.717) is 5.54 Å². The summed E-state index contributed by atoms with van der Waals surface area (Å²) >= 11 is 0. The zero-order chi connectivity index (χ0) is 14.4. The van der Waals surface area contributed by atoms with Crippen molar-refractivity contribution in [3.05, 3.63) is 29.8 Å². The summed E-state index contributed by atoms with van der Waals surface area (Å²) in [4.78, 5) is 2.71. The number of hydrogen-bond acceptors (Lipinski definition) is 1. The third-order valence-electron chi connectivity index (χ3n) is 5.09. The van der Waals surface area contributed by atoms with Gasteiger partial charge in [-0.15, -0.1) is 0 Å². The van der Waals surface area contributed by atoms with E-state index in [9.17, 15) is 0 Å². The largest absolute Gasteiger partial charge is 0.366 e. The van der Waals surface area contributed by atoms with Gasteiger partial charge in [0, 0.05) is 17.8 Å². The van der Waals surface area contributed by atoms with Crippen LogP contribution >= 0.6 is 0 Å². The summed E-state index contributed by atoms with van der Waals surface area (Å²) in [5.74, 6) is 0. The molecule has 1 heteroatoms. The molecule has 0 amide bonds. The average molecular weight is 273 g/mol. The van der Waals surface area contributed by atoms with E-state index in [2.05, 4.69) is 49.9 Å². The number of para-hydroxylation sites is 1. The first-order valence-corrected chi connectivity index (χ1v) is 8.57. The van der Waals surface area contributed by atoms with Crippen LogP contribution in [0.5, 0.6) is 0 Å². The van der Waals surface area contributed by atoms with Crippen LogP contribution in [0, 0.1) is 0 Å². The standard InChI is InChI=1S/C19H31N/c1-4-6-7-10-15-19(3,5-2)20-16-11-13-17-12-8-9-14-18(17)20/h8-9,12,14H,4-7,10-11,13,15-16H2,1-3H3. The second kappa shape index (κ2) is 7.15. The lowest BCUT2D eigenvalue weighted by Crippen LogP contribution is -2.48. The van der Waals surface area contributed by atoms with E-state index in [1.54, 1.807) is 5.56 Å². The van der Waals surface area contributed by atoms with E-state index in [-0.39, 0.29) is 0 Å². The molecule has 112 valence electrons. The fraction of sp³-hybridized carbons (Fsp3) is 0.684. The van der Waals surface area contributed by atoms with Gasteiger partial charge in [-0.05, 0) is 44.2 Å². The van der Waals surface area contributed by atoms with Gasteiger partial charge >= 0.3 is 0 Å². The molecule has 1 atom stereocenters. The highest BCUT2D eigenvalue weighted by atomic mass is 15.2. The molecule has 0 saturated heterocycles. The maximum Gasteiger partial charge on any atom is 0.0403 e. The predicted octanol–water partition coefficient (Wildman–Crippen LogP) is 5.58. The smallest absolute Gasteiger partial charge is 0.0403 e. The average Bonchev–Trinajstić information content (AvgIpc) is 2.51. The first kappa shape index (κ1) is 15.4. The first-order chi connectivity index (χ1) is 9.71. The zero-order valence-electron chi connectivity index (χ0n) is 13.6. The Labute approximate surface area is 125 Å². The van der Waals surface area contributed by atoms with Crippen LogP contribution in [0.3, 0.4) is 0 Å². The van der Waals surface area contributed by atoms with Crippen LogP contribution in [-0.4, -0.2) is 12.1 Å². The summed E-state index contributed by atoms with van der Waals surface area (Å²) in [5, 5.41) is 0. The van der Waals surface area contributed by atoms with Gasteiger partial charge in [0.1, 0.15) is 0 Å². The Hall–Kier alpha value is -0.980. The molecule has 2 rings (SSSR count). The molecule has 0 N–H and O–H groups in total. The van der Waals surface area contributed by atoms with Crippen molar-refractivity contribution < 1.29 is 0 Å². The molecule has 0 aromatic heterocycles. The molecule has 1 heterocycles. The molecule has 1 nitrogen and oxygen atoms in total. The molecule has 0 saturated carbocycles. The third-order valence-corrected chi connectivity index (χ3v) is 5.09. The van der Waals surface area contributed by atoms with Gasteiger partial charge in [0.05, 0.1) is 0 Å². The van der Waals surface area contributed by atoms with E-state index in [4.69, 9.17) is 0 Å². The molecule has 20 heavy (non-hydrogen) atoms. The highest BCUT2D eigenvalue weighted by Gasteiger charge is 2.32. The minimum atomic E-state index is 0.338. The monoisotopic (exact) mass is 273 g/mol. The van der Waals surface area contributed by atoms with Crippen molar-refractivity contribution in [2.75, 3.05) is 11.4 Å². The Morgan fingerprint density at radius 3 is 2.65 bits per heavy atom. The lowest BCUT2D eigenvalue weighted by molar-refractivity contribution is 0.354. The second-order valence-corrected chi connectivity index (χ2v) is 6.55. The summed E-state index contributed by atoms with van der Waals surface area (Å²) in [6, 6.07) is 9.03. The van der Waals surface area contributed by atoms with E-state index >= 15 is 0 Å². The molecule has 0 radical (unpaired) electrons. The molecule has 0 aliphatic carbocycles. The van der Waals surface area contributed by atoms with Gasteiger partial charge in [-0.2, -0.15) is 0 Å². The van der Waals surface area contributed by atoms with E-state index in [1.807, 2.05) is 0 Å². The van der Waals surface area contributed by atoms with Crippen LogP contribution in [0.4, 0.5) is 5.69 Å². The number of anilines is 1. The maximum absolute atomic E-state index is 2.71.